The van der Waals surface area contributed by atoms with Crippen molar-refractivity contribution < 1.29 is 23.4 Å². The highest BCUT2D eigenvalue weighted by Gasteiger charge is 2.23. The van der Waals surface area contributed by atoms with Crippen LogP contribution in [0, 0.1) is 24.6 Å². The normalized spacial score (nSPS) is 11.7. The first-order chi connectivity index (χ1) is 24.2. The first kappa shape index (κ1) is 36.6. The zero-order valence-electron chi connectivity index (χ0n) is 28.7. The Labute approximate surface area is 299 Å². The zero-order valence-corrected chi connectivity index (χ0v) is 30.3. The van der Waals surface area contributed by atoms with E-state index in [1.807, 2.05) is 56.3 Å². The number of aromatic nitrogens is 4. The lowest BCUT2D eigenvalue weighted by molar-refractivity contribution is 0.0519. The van der Waals surface area contributed by atoms with E-state index in [1.54, 1.807) is 37.5 Å². The predicted molar refractivity (Wildman–Crippen MR) is 196 cm³/mol. The number of halogens is 1. The number of thiazole rings is 2. The summed E-state index contributed by atoms with van der Waals surface area (Å²) in [5.41, 5.74) is 3.35. The second-order valence-corrected chi connectivity index (χ2v) is 13.7. The molecular weight excluding hydrogens is 678 g/mol. The average Bonchev–Trinajstić information content (AvgIpc) is 3.70. The number of fused-ring (bicyclic) bond motifs is 1. The van der Waals surface area contributed by atoms with Gasteiger partial charge in [0.15, 0.2) is 33.3 Å². The molecule has 3 aromatic heterocycles. The quantitative estimate of drug-likeness (QED) is 0.0622. The summed E-state index contributed by atoms with van der Waals surface area (Å²) in [6.45, 7) is 5.23. The molecule has 11 nitrogen and oxygen atoms in total. The predicted octanol–water partition coefficient (Wildman–Crippen LogP) is 7.03. The summed E-state index contributed by atoms with van der Waals surface area (Å²) in [6, 6.07) is 14.3. The van der Waals surface area contributed by atoms with Crippen LogP contribution >= 0.6 is 22.7 Å². The number of rotatable bonds is 16. The van der Waals surface area contributed by atoms with Crippen LogP contribution in [0.25, 0.3) is 10.2 Å². The molecule has 50 heavy (non-hydrogen) atoms. The Bertz CT molecular complexity index is 1940. The SMILES string of the molecule is CCOC(=O)c1nc(NC(CCOC)c2cc(C)c(Nc3nc4ccccc4s3)nn2)sc1CCCOc1ccc(C#CCN(C)C)cc1F. The molecule has 14 heteroatoms. The molecule has 1 atom stereocenters. The van der Waals surface area contributed by atoms with E-state index in [-0.39, 0.29) is 30.7 Å². The van der Waals surface area contributed by atoms with Crippen molar-refractivity contribution in [1.29, 1.82) is 0 Å². The van der Waals surface area contributed by atoms with Gasteiger partial charge in [0.1, 0.15) is 0 Å². The molecule has 5 rings (SSSR count). The number of para-hydroxylation sites is 1. The minimum Gasteiger partial charge on any atom is -0.491 e. The number of esters is 1. The van der Waals surface area contributed by atoms with Crippen molar-refractivity contribution in [2.45, 2.75) is 39.2 Å². The van der Waals surface area contributed by atoms with E-state index in [0.29, 0.717) is 54.6 Å². The highest BCUT2D eigenvalue weighted by Crippen LogP contribution is 2.32. The fourth-order valence-electron chi connectivity index (χ4n) is 4.86. The number of benzene rings is 2. The maximum atomic E-state index is 14.7. The van der Waals surface area contributed by atoms with Gasteiger partial charge in [0.05, 0.1) is 41.7 Å². The molecule has 3 heterocycles. The molecule has 0 amide bonds. The first-order valence-electron chi connectivity index (χ1n) is 16.2. The van der Waals surface area contributed by atoms with Crippen LogP contribution in [0.5, 0.6) is 5.75 Å². The number of methoxy groups -OCH3 is 1. The number of nitrogens with one attached hydrogen (secondary N) is 2. The topological polar surface area (TPSA) is 124 Å². The van der Waals surface area contributed by atoms with Gasteiger partial charge < -0.3 is 24.8 Å². The van der Waals surface area contributed by atoms with Crippen LogP contribution in [0.3, 0.4) is 0 Å². The highest BCUT2D eigenvalue weighted by molar-refractivity contribution is 7.22. The van der Waals surface area contributed by atoms with Gasteiger partial charge in [-0.25, -0.2) is 19.2 Å². The van der Waals surface area contributed by atoms with E-state index in [2.05, 4.69) is 42.6 Å². The van der Waals surface area contributed by atoms with Gasteiger partial charge in [0.2, 0.25) is 0 Å². The summed E-state index contributed by atoms with van der Waals surface area (Å²) in [5, 5.41) is 17.0. The summed E-state index contributed by atoms with van der Waals surface area (Å²) in [6.07, 6.45) is 1.59. The lowest BCUT2D eigenvalue weighted by atomic mass is 10.1. The van der Waals surface area contributed by atoms with Gasteiger partial charge in [-0.05, 0) is 89.2 Å². The Kier molecular flexibility index (Phi) is 13.0. The van der Waals surface area contributed by atoms with Crippen molar-refractivity contribution in [3.05, 3.63) is 81.7 Å². The minimum absolute atomic E-state index is 0.152. The van der Waals surface area contributed by atoms with Crippen LogP contribution in [0.1, 0.15) is 58.0 Å². The van der Waals surface area contributed by atoms with Gasteiger partial charge >= 0.3 is 5.97 Å². The molecule has 5 aromatic rings. The molecule has 0 fully saturated rings. The summed E-state index contributed by atoms with van der Waals surface area (Å²) in [4.78, 5) is 24.8. The van der Waals surface area contributed by atoms with E-state index < -0.39 is 11.8 Å². The summed E-state index contributed by atoms with van der Waals surface area (Å²) in [7, 11) is 5.49. The van der Waals surface area contributed by atoms with Crippen LogP contribution < -0.4 is 15.4 Å². The second kappa shape index (κ2) is 17.8. The van der Waals surface area contributed by atoms with Crippen molar-refractivity contribution in [1.82, 2.24) is 25.1 Å². The highest BCUT2D eigenvalue weighted by atomic mass is 32.1. The van der Waals surface area contributed by atoms with Gasteiger partial charge in [-0.3, -0.25) is 4.90 Å². The molecule has 1 unspecified atom stereocenters. The molecule has 0 saturated heterocycles. The van der Waals surface area contributed by atoms with E-state index in [1.165, 1.54) is 17.4 Å². The Morgan fingerprint density at radius 1 is 1.06 bits per heavy atom. The first-order valence-corrected chi connectivity index (χ1v) is 17.8. The minimum atomic E-state index is -0.501. The molecule has 0 aliphatic heterocycles. The number of anilines is 3. The Balaban J connectivity index is 1.26. The Morgan fingerprint density at radius 2 is 1.90 bits per heavy atom. The summed E-state index contributed by atoms with van der Waals surface area (Å²) >= 11 is 2.91. The monoisotopic (exact) mass is 717 g/mol. The number of hydrogen-bond donors (Lipinski definition) is 2. The van der Waals surface area contributed by atoms with Crippen molar-refractivity contribution in [2.75, 3.05) is 58.2 Å². The third-order valence-electron chi connectivity index (χ3n) is 7.32. The van der Waals surface area contributed by atoms with Crippen molar-refractivity contribution in [3.63, 3.8) is 0 Å². The van der Waals surface area contributed by atoms with E-state index in [0.717, 1.165) is 25.8 Å². The summed E-state index contributed by atoms with van der Waals surface area (Å²) < 4.78 is 32.2. The molecule has 0 aliphatic carbocycles. The third-order valence-corrected chi connectivity index (χ3v) is 9.32. The fourth-order valence-corrected chi connectivity index (χ4v) is 6.77. The molecule has 0 aliphatic rings. The lowest BCUT2D eigenvalue weighted by Crippen LogP contribution is -2.16. The maximum Gasteiger partial charge on any atom is 0.358 e. The molecule has 2 N–H and O–H groups in total. The number of carbonyl (C=O) groups is 1. The van der Waals surface area contributed by atoms with Crippen molar-refractivity contribution in [3.8, 4) is 17.6 Å². The molecule has 0 radical (unpaired) electrons. The maximum absolute atomic E-state index is 14.7. The van der Waals surface area contributed by atoms with Gasteiger partial charge in [-0.15, -0.1) is 16.4 Å². The average molecular weight is 718 g/mol. The van der Waals surface area contributed by atoms with Gasteiger partial charge in [0, 0.05) is 24.2 Å². The van der Waals surface area contributed by atoms with E-state index in [4.69, 9.17) is 14.2 Å². The number of carbonyl (C=O) groups excluding carboxylic acids is 1. The van der Waals surface area contributed by atoms with Gasteiger partial charge in [-0.2, -0.15) is 5.10 Å². The second-order valence-electron chi connectivity index (χ2n) is 11.5. The summed E-state index contributed by atoms with van der Waals surface area (Å²) in [5.74, 6) is 5.74. The van der Waals surface area contributed by atoms with Crippen LogP contribution in [0.2, 0.25) is 0 Å². The van der Waals surface area contributed by atoms with Crippen LogP contribution in [0.15, 0.2) is 48.5 Å². The van der Waals surface area contributed by atoms with E-state index >= 15 is 0 Å². The number of hydrogen-bond acceptors (Lipinski definition) is 13. The largest absolute Gasteiger partial charge is 0.491 e. The van der Waals surface area contributed by atoms with Gasteiger partial charge in [0.25, 0.3) is 0 Å². The molecule has 2 aromatic carbocycles. The molecule has 0 bridgehead atoms. The Morgan fingerprint density at radius 3 is 2.64 bits per heavy atom. The molecular formula is C36H40FN7O4S2. The Hall–Kier alpha value is -4.68. The smallest absolute Gasteiger partial charge is 0.358 e. The van der Waals surface area contributed by atoms with E-state index in [9.17, 15) is 9.18 Å². The number of ether oxygens (including phenoxy) is 3. The molecule has 262 valence electrons. The number of aryl methyl sites for hydroxylation is 2. The van der Waals surface area contributed by atoms with Crippen LogP contribution in [-0.2, 0) is 15.9 Å². The third kappa shape index (κ3) is 9.95. The lowest BCUT2D eigenvalue weighted by Gasteiger charge is -2.18. The molecule has 0 saturated carbocycles. The van der Waals surface area contributed by atoms with Crippen molar-refractivity contribution in [2.24, 2.45) is 0 Å². The number of nitrogens with zero attached hydrogens (tertiary/aromatic N) is 5. The van der Waals surface area contributed by atoms with Gasteiger partial charge in [-0.1, -0.05) is 35.3 Å². The molecule has 0 spiro atoms. The standard InChI is InChI=1S/C36H40FN7O4S2/c1-6-47-34(45)32-31(14-10-19-48-29-16-15-24(22-25(29)37)11-9-18-44(3)4)50-35(40-32)38-26(17-20-46-5)28-21-23(2)33(43-42-28)41-36-39-27-12-7-8-13-30(27)49-36/h7-8,12-13,15-16,21-22,26H,6,10,14,17-20H2,1-5H3,(H,38,40)(H,39,41,43). The van der Waals surface area contributed by atoms with Crippen LogP contribution in [-0.4, -0.2) is 78.6 Å². The fraction of sp³-hybridized carbons (Fsp3) is 0.361. The van der Waals surface area contributed by atoms with Crippen molar-refractivity contribution >= 4 is 54.9 Å². The van der Waals surface area contributed by atoms with Crippen LogP contribution in [0.4, 0.5) is 20.5 Å². The zero-order chi connectivity index (χ0) is 35.5.